The molecule has 0 spiro atoms. The molecule has 2 aromatic rings. The van der Waals surface area contributed by atoms with Crippen LogP contribution in [0.25, 0.3) is 0 Å². The number of fused-ring (bicyclic) bond motifs is 1. The van der Waals surface area contributed by atoms with E-state index in [9.17, 15) is 4.79 Å². The smallest absolute Gasteiger partial charge is 0.323 e. The number of methoxy groups -OCH3 is 1. The zero-order valence-electron chi connectivity index (χ0n) is 15.5. The van der Waals surface area contributed by atoms with Crippen LogP contribution < -0.4 is 0 Å². The number of benzene rings is 2. The normalized spacial score (nSPS) is 27.3. The van der Waals surface area contributed by atoms with E-state index >= 15 is 0 Å². The van der Waals surface area contributed by atoms with Crippen LogP contribution in [-0.4, -0.2) is 37.1 Å². The molecule has 136 valence electrons. The molecular formula is C23H27NO2. The fraction of sp³-hybridized carbons (Fsp3) is 0.435. The van der Waals surface area contributed by atoms with Crippen LogP contribution in [0.15, 0.2) is 60.7 Å². The average Bonchev–Trinajstić information content (AvgIpc) is 3.14. The van der Waals surface area contributed by atoms with Crippen LogP contribution in [0.5, 0.6) is 0 Å². The predicted octanol–water partition coefficient (Wildman–Crippen LogP) is 3.95. The Bertz CT molecular complexity index is 706. The Balaban J connectivity index is 1.51. The van der Waals surface area contributed by atoms with Crippen LogP contribution in [0.1, 0.15) is 30.4 Å². The Morgan fingerprint density at radius 3 is 2.19 bits per heavy atom. The summed E-state index contributed by atoms with van der Waals surface area (Å²) < 4.78 is 5.11. The van der Waals surface area contributed by atoms with E-state index in [1.54, 1.807) is 0 Å². The van der Waals surface area contributed by atoms with Crippen molar-refractivity contribution >= 4 is 5.97 Å². The first-order valence-electron chi connectivity index (χ1n) is 9.62. The molecule has 26 heavy (non-hydrogen) atoms. The lowest BCUT2D eigenvalue weighted by atomic mass is 9.88. The number of esters is 1. The molecule has 1 heterocycles. The SMILES string of the molecule is COC(=O)[C@H]1[C@@H]2[C@H](C)[C@@H]2CN1CCC(c1ccccc1)c1ccccc1. The van der Waals surface area contributed by atoms with Crippen molar-refractivity contribution in [2.24, 2.45) is 17.8 Å². The van der Waals surface area contributed by atoms with E-state index in [0.717, 1.165) is 19.5 Å². The number of likely N-dealkylation sites (tertiary alicyclic amines) is 1. The van der Waals surface area contributed by atoms with E-state index in [2.05, 4.69) is 72.5 Å². The summed E-state index contributed by atoms with van der Waals surface area (Å²) in [4.78, 5) is 14.7. The van der Waals surface area contributed by atoms with Crippen molar-refractivity contribution in [2.75, 3.05) is 20.2 Å². The minimum absolute atomic E-state index is 0.0489. The minimum Gasteiger partial charge on any atom is -0.468 e. The van der Waals surface area contributed by atoms with Crippen molar-refractivity contribution in [1.29, 1.82) is 0 Å². The van der Waals surface area contributed by atoms with Gasteiger partial charge in [-0.3, -0.25) is 9.69 Å². The molecule has 4 atom stereocenters. The second-order valence-electron chi connectivity index (χ2n) is 7.73. The van der Waals surface area contributed by atoms with Crippen molar-refractivity contribution in [1.82, 2.24) is 4.90 Å². The zero-order chi connectivity index (χ0) is 18.1. The summed E-state index contributed by atoms with van der Waals surface area (Å²) in [6.45, 7) is 4.22. The van der Waals surface area contributed by atoms with Gasteiger partial charge in [-0.2, -0.15) is 0 Å². The van der Waals surface area contributed by atoms with Gasteiger partial charge < -0.3 is 4.74 Å². The zero-order valence-corrected chi connectivity index (χ0v) is 15.5. The third kappa shape index (κ3) is 3.16. The Labute approximate surface area is 156 Å². The lowest BCUT2D eigenvalue weighted by molar-refractivity contribution is -0.147. The van der Waals surface area contributed by atoms with Gasteiger partial charge in [0.2, 0.25) is 0 Å². The molecule has 0 radical (unpaired) electrons. The van der Waals surface area contributed by atoms with Crippen molar-refractivity contribution < 1.29 is 9.53 Å². The molecule has 2 aliphatic rings. The summed E-state index contributed by atoms with van der Waals surface area (Å²) >= 11 is 0. The Kier molecular flexibility index (Phi) is 4.82. The molecule has 0 bridgehead atoms. The van der Waals surface area contributed by atoms with Gasteiger partial charge in [-0.25, -0.2) is 0 Å². The molecule has 1 aliphatic heterocycles. The molecule has 0 aromatic heterocycles. The number of nitrogens with zero attached hydrogens (tertiary/aromatic N) is 1. The Hall–Kier alpha value is -2.13. The van der Waals surface area contributed by atoms with Crippen LogP contribution in [0.4, 0.5) is 0 Å². The molecule has 1 saturated carbocycles. The molecule has 0 unspecified atom stereocenters. The fourth-order valence-electron chi connectivity index (χ4n) is 4.87. The summed E-state index contributed by atoms with van der Waals surface area (Å²) in [6.07, 6.45) is 1.01. The molecule has 0 N–H and O–H groups in total. The number of piperidine rings is 1. The number of hydrogen-bond donors (Lipinski definition) is 0. The van der Waals surface area contributed by atoms with Gasteiger partial charge in [-0.05, 0) is 41.8 Å². The highest BCUT2D eigenvalue weighted by molar-refractivity contribution is 5.77. The summed E-state index contributed by atoms with van der Waals surface area (Å²) in [5, 5.41) is 0. The molecular weight excluding hydrogens is 322 g/mol. The number of rotatable bonds is 6. The molecule has 1 saturated heterocycles. The van der Waals surface area contributed by atoms with Gasteiger partial charge in [-0.1, -0.05) is 67.6 Å². The first-order chi connectivity index (χ1) is 12.7. The number of ether oxygens (including phenoxy) is 1. The standard InChI is InChI=1S/C23H27NO2/c1-16-20-15-24(22(21(16)20)23(25)26-2)14-13-19(17-9-5-3-6-10-17)18-11-7-4-8-12-18/h3-12,16,19-22H,13-15H2,1-2H3/t16-,20+,21-,22-/m1/s1. The van der Waals surface area contributed by atoms with Gasteiger partial charge in [0.1, 0.15) is 6.04 Å². The van der Waals surface area contributed by atoms with E-state index in [1.807, 2.05) is 0 Å². The topological polar surface area (TPSA) is 29.5 Å². The summed E-state index contributed by atoms with van der Waals surface area (Å²) in [7, 11) is 1.51. The maximum Gasteiger partial charge on any atom is 0.323 e. The van der Waals surface area contributed by atoms with Gasteiger partial charge in [0.05, 0.1) is 7.11 Å². The van der Waals surface area contributed by atoms with Gasteiger partial charge in [0, 0.05) is 12.5 Å². The predicted molar refractivity (Wildman–Crippen MR) is 103 cm³/mol. The van der Waals surface area contributed by atoms with Gasteiger partial charge in [-0.15, -0.1) is 0 Å². The monoisotopic (exact) mass is 349 g/mol. The molecule has 3 nitrogen and oxygen atoms in total. The van der Waals surface area contributed by atoms with Crippen molar-refractivity contribution in [2.45, 2.75) is 25.3 Å². The average molecular weight is 349 g/mol. The van der Waals surface area contributed by atoms with Crippen LogP contribution in [-0.2, 0) is 9.53 Å². The number of carbonyl (C=O) groups is 1. The van der Waals surface area contributed by atoms with Gasteiger partial charge in [0.25, 0.3) is 0 Å². The molecule has 2 aromatic carbocycles. The molecule has 0 amide bonds. The molecule has 4 rings (SSSR count). The van der Waals surface area contributed by atoms with Gasteiger partial charge in [0.15, 0.2) is 0 Å². The van der Waals surface area contributed by atoms with Crippen LogP contribution >= 0.6 is 0 Å². The van der Waals surface area contributed by atoms with Crippen LogP contribution in [0.2, 0.25) is 0 Å². The molecule has 2 fully saturated rings. The third-order valence-corrected chi connectivity index (χ3v) is 6.39. The second kappa shape index (κ2) is 7.24. The first kappa shape index (κ1) is 17.3. The maximum absolute atomic E-state index is 12.3. The van der Waals surface area contributed by atoms with E-state index < -0.39 is 0 Å². The lowest BCUT2D eigenvalue weighted by Gasteiger charge is -2.28. The lowest BCUT2D eigenvalue weighted by Crippen LogP contribution is -2.42. The maximum atomic E-state index is 12.3. The Morgan fingerprint density at radius 1 is 1.08 bits per heavy atom. The second-order valence-corrected chi connectivity index (χ2v) is 7.73. The van der Waals surface area contributed by atoms with Crippen LogP contribution in [0, 0.1) is 17.8 Å². The number of carbonyl (C=O) groups excluding carboxylic acids is 1. The Morgan fingerprint density at radius 2 is 1.65 bits per heavy atom. The highest BCUT2D eigenvalue weighted by Crippen LogP contribution is 2.55. The van der Waals surface area contributed by atoms with Crippen molar-refractivity contribution in [3.05, 3.63) is 71.8 Å². The summed E-state index contributed by atoms with van der Waals surface area (Å²) in [5.41, 5.74) is 2.68. The van der Waals surface area contributed by atoms with Crippen molar-refractivity contribution in [3.63, 3.8) is 0 Å². The molecule has 3 heteroatoms. The molecule has 1 aliphatic carbocycles. The van der Waals surface area contributed by atoms with Gasteiger partial charge >= 0.3 is 5.97 Å². The number of hydrogen-bond acceptors (Lipinski definition) is 3. The van der Waals surface area contributed by atoms with E-state index in [0.29, 0.717) is 23.7 Å². The van der Waals surface area contributed by atoms with Crippen LogP contribution in [0.3, 0.4) is 0 Å². The highest BCUT2D eigenvalue weighted by Gasteiger charge is 2.61. The largest absolute Gasteiger partial charge is 0.468 e. The third-order valence-electron chi connectivity index (χ3n) is 6.39. The fourth-order valence-corrected chi connectivity index (χ4v) is 4.87. The summed E-state index contributed by atoms with van der Waals surface area (Å²) in [5.74, 6) is 2.12. The quantitative estimate of drug-likeness (QED) is 0.740. The minimum atomic E-state index is -0.0576. The van der Waals surface area contributed by atoms with Crippen molar-refractivity contribution in [3.8, 4) is 0 Å². The van der Waals surface area contributed by atoms with E-state index in [4.69, 9.17) is 4.74 Å². The highest BCUT2D eigenvalue weighted by atomic mass is 16.5. The van der Waals surface area contributed by atoms with E-state index in [1.165, 1.54) is 18.2 Å². The first-order valence-corrected chi connectivity index (χ1v) is 9.62. The summed E-state index contributed by atoms with van der Waals surface area (Å²) in [6, 6.07) is 21.3. The van der Waals surface area contributed by atoms with E-state index in [-0.39, 0.29) is 12.0 Å².